The highest BCUT2D eigenvalue weighted by Gasteiger charge is 2.19. The molecule has 2 nitrogen and oxygen atoms in total. The van der Waals surface area contributed by atoms with E-state index in [9.17, 15) is 0 Å². The third-order valence-electron chi connectivity index (χ3n) is 9.16. The van der Waals surface area contributed by atoms with Gasteiger partial charge in [-0.15, -0.1) is 0 Å². The number of para-hydroxylation sites is 2. The fourth-order valence-corrected chi connectivity index (χ4v) is 7.09. The number of aromatic nitrogens is 2. The number of nitrogens with zero attached hydrogens (tertiary/aromatic N) is 2. The largest absolute Gasteiger partial charge is 0.256 e. The molecule has 0 aliphatic heterocycles. The first-order valence-corrected chi connectivity index (χ1v) is 15.7. The molecule has 2 heterocycles. The third-order valence-corrected chi connectivity index (χ3v) is 9.16. The van der Waals surface area contributed by atoms with Gasteiger partial charge in [0.25, 0.3) is 0 Å². The summed E-state index contributed by atoms with van der Waals surface area (Å²) in [6.07, 6.45) is 3.83. The van der Waals surface area contributed by atoms with Gasteiger partial charge in [0.2, 0.25) is 0 Å². The van der Waals surface area contributed by atoms with E-state index in [1.165, 1.54) is 66.1 Å². The highest BCUT2D eigenvalue weighted by molar-refractivity contribution is 6.23. The zero-order valence-corrected chi connectivity index (χ0v) is 25.1. The van der Waals surface area contributed by atoms with Crippen LogP contribution in [0.4, 0.5) is 0 Å². The molecule has 0 fully saturated rings. The van der Waals surface area contributed by atoms with Crippen LogP contribution in [0.2, 0.25) is 0 Å². The maximum atomic E-state index is 4.64. The zero-order chi connectivity index (χ0) is 30.5. The molecular weight excluding hydrogens is 556 g/mol. The van der Waals surface area contributed by atoms with Gasteiger partial charge in [0.1, 0.15) is 0 Å². The summed E-state index contributed by atoms with van der Waals surface area (Å²) in [5.74, 6) is 0. The van der Waals surface area contributed by atoms with Crippen molar-refractivity contribution >= 4 is 43.4 Å². The smallest absolute Gasteiger partial charge is 0.0708 e. The van der Waals surface area contributed by atoms with Gasteiger partial charge < -0.3 is 0 Å². The Bertz CT molecular complexity index is 2380. The molecule has 9 rings (SSSR count). The van der Waals surface area contributed by atoms with Crippen molar-refractivity contribution in [1.29, 1.82) is 0 Å². The highest BCUT2D eigenvalue weighted by atomic mass is 14.6. The van der Waals surface area contributed by atoms with E-state index in [1.807, 2.05) is 24.5 Å². The average molecular weight is 585 g/mol. The van der Waals surface area contributed by atoms with Crippen LogP contribution in [0.25, 0.3) is 87.9 Å². The van der Waals surface area contributed by atoms with Crippen LogP contribution in [0.15, 0.2) is 170 Å². The second kappa shape index (κ2) is 10.8. The number of hydrogen-bond donors (Lipinski definition) is 0. The first-order valence-electron chi connectivity index (χ1n) is 15.7. The summed E-state index contributed by atoms with van der Waals surface area (Å²) in [4.78, 5) is 9.28. The Morgan fingerprint density at radius 2 is 0.696 bits per heavy atom. The van der Waals surface area contributed by atoms with E-state index in [1.54, 1.807) is 0 Å². The maximum absolute atomic E-state index is 4.64. The Balaban J connectivity index is 1.41. The van der Waals surface area contributed by atoms with Gasteiger partial charge in [-0.2, -0.15) is 0 Å². The maximum Gasteiger partial charge on any atom is 0.0708 e. The average Bonchev–Trinajstić information content (AvgIpc) is 3.13. The topological polar surface area (TPSA) is 25.8 Å². The summed E-state index contributed by atoms with van der Waals surface area (Å²) in [6.45, 7) is 0. The summed E-state index contributed by atoms with van der Waals surface area (Å²) < 4.78 is 0. The van der Waals surface area contributed by atoms with Gasteiger partial charge in [-0.25, -0.2) is 0 Å². The molecule has 0 N–H and O–H groups in total. The third kappa shape index (κ3) is 4.27. The van der Waals surface area contributed by atoms with Crippen LogP contribution >= 0.6 is 0 Å². The standard InChI is InChI=1S/C44H28N2/c1-3-11-29(12-4-1)43-37-21-19-32(34-24-26-46-42-18-10-8-16-36(34)42)28-40(37)44(30-13-5-2-6-14-30)38-22-20-31(27-39(38)43)33-23-25-45-41-17-9-7-15-35(33)41/h1-28H. The fourth-order valence-electron chi connectivity index (χ4n) is 7.09. The van der Waals surface area contributed by atoms with Crippen LogP contribution in [-0.2, 0) is 0 Å². The lowest BCUT2D eigenvalue weighted by molar-refractivity contribution is 1.41. The van der Waals surface area contributed by atoms with Crippen molar-refractivity contribution in [1.82, 2.24) is 9.97 Å². The number of benzene rings is 7. The van der Waals surface area contributed by atoms with Crippen molar-refractivity contribution < 1.29 is 0 Å². The molecule has 0 saturated carbocycles. The molecule has 214 valence electrons. The number of fused-ring (bicyclic) bond motifs is 4. The van der Waals surface area contributed by atoms with E-state index < -0.39 is 0 Å². The predicted octanol–water partition coefficient (Wildman–Crippen LogP) is 11.8. The minimum absolute atomic E-state index is 1.00. The second-order valence-corrected chi connectivity index (χ2v) is 11.8. The Morgan fingerprint density at radius 3 is 1.15 bits per heavy atom. The SMILES string of the molecule is c1ccc(-c2c3ccc(-c4ccnc5ccccc45)cc3c(-c3ccccc3)c3ccc(-c4ccnc5ccccc45)cc23)cc1. The Labute approximate surface area is 267 Å². The van der Waals surface area contributed by atoms with Gasteiger partial charge in [-0.3, -0.25) is 9.97 Å². The van der Waals surface area contributed by atoms with Crippen LogP contribution < -0.4 is 0 Å². The van der Waals surface area contributed by atoms with E-state index in [0.717, 1.165) is 21.8 Å². The van der Waals surface area contributed by atoms with Crippen molar-refractivity contribution in [2.75, 3.05) is 0 Å². The molecular formula is C44H28N2. The summed E-state index contributed by atoms with van der Waals surface area (Å²) in [5, 5.41) is 7.25. The van der Waals surface area contributed by atoms with Crippen molar-refractivity contribution in [3.8, 4) is 44.5 Å². The number of hydrogen-bond acceptors (Lipinski definition) is 2. The predicted molar refractivity (Wildman–Crippen MR) is 194 cm³/mol. The first-order chi connectivity index (χ1) is 22.8. The Kier molecular flexibility index (Phi) is 6.17. The quantitative estimate of drug-likeness (QED) is 0.192. The van der Waals surface area contributed by atoms with Crippen LogP contribution in [-0.4, -0.2) is 9.97 Å². The molecule has 0 amide bonds. The summed E-state index contributed by atoms with van der Waals surface area (Å²) in [7, 11) is 0. The molecule has 46 heavy (non-hydrogen) atoms. The normalized spacial score (nSPS) is 11.5. The van der Waals surface area contributed by atoms with Crippen LogP contribution in [0, 0.1) is 0 Å². The summed E-state index contributed by atoms with van der Waals surface area (Å²) in [6, 6.07) is 56.7. The monoisotopic (exact) mass is 584 g/mol. The number of pyridine rings is 2. The van der Waals surface area contributed by atoms with Crippen molar-refractivity contribution in [3.63, 3.8) is 0 Å². The fraction of sp³-hybridized carbons (Fsp3) is 0. The van der Waals surface area contributed by atoms with E-state index in [2.05, 4.69) is 156 Å². The van der Waals surface area contributed by atoms with Crippen molar-refractivity contribution in [2.45, 2.75) is 0 Å². The van der Waals surface area contributed by atoms with E-state index in [4.69, 9.17) is 0 Å². The molecule has 0 radical (unpaired) electrons. The molecule has 2 heteroatoms. The van der Waals surface area contributed by atoms with Gasteiger partial charge in [0.15, 0.2) is 0 Å². The van der Waals surface area contributed by atoms with Crippen LogP contribution in [0.5, 0.6) is 0 Å². The summed E-state index contributed by atoms with van der Waals surface area (Å²) >= 11 is 0. The molecule has 0 aliphatic rings. The highest BCUT2D eigenvalue weighted by Crippen LogP contribution is 2.46. The van der Waals surface area contributed by atoms with Crippen molar-refractivity contribution in [2.24, 2.45) is 0 Å². The molecule has 0 spiro atoms. The first kappa shape index (κ1) is 26.3. The van der Waals surface area contributed by atoms with Crippen LogP contribution in [0.3, 0.4) is 0 Å². The van der Waals surface area contributed by atoms with Gasteiger partial charge in [0.05, 0.1) is 11.0 Å². The van der Waals surface area contributed by atoms with Gasteiger partial charge in [-0.1, -0.05) is 121 Å². The molecule has 9 aromatic rings. The molecule has 0 aliphatic carbocycles. The second-order valence-electron chi connectivity index (χ2n) is 11.8. The Morgan fingerprint density at radius 1 is 0.283 bits per heavy atom. The van der Waals surface area contributed by atoms with E-state index in [-0.39, 0.29) is 0 Å². The van der Waals surface area contributed by atoms with Crippen molar-refractivity contribution in [3.05, 3.63) is 170 Å². The summed E-state index contributed by atoms with van der Waals surface area (Å²) in [5.41, 5.74) is 11.6. The molecule has 0 bridgehead atoms. The minimum atomic E-state index is 1.00. The molecule has 0 unspecified atom stereocenters. The van der Waals surface area contributed by atoms with Crippen LogP contribution in [0.1, 0.15) is 0 Å². The van der Waals surface area contributed by atoms with Gasteiger partial charge in [0, 0.05) is 23.2 Å². The lowest BCUT2D eigenvalue weighted by Gasteiger charge is -2.20. The number of rotatable bonds is 4. The van der Waals surface area contributed by atoms with Gasteiger partial charge >= 0.3 is 0 Å². The minimum Gasteiger partial charge on any atom is -0.256 e. The lowest BCUT2D eigenvalue weighted by Crippen LogP contribution is -1.93. The Hall–Kier alpha value is -6.12. The van der Waals surface area contributed by atoms with Gasteiger partial charge in [-0.05, 0) is 102 Å². The lowest BCUT2D eigenvalue weighted by atomic mass is 9.83. The molecule has 0 saturated heterocycles. The van der Waals surface area contributed by atoms with E-state index in [0.29, 0.717) is 0 Å². The zero-order valence-electron chi connectivity index (χ0n) is 25.1. The van der Waals surface area contributed by atoms with E-state index >= 15 is 0 Å². The molecule has 0 atom stereocenters. The molecule has 2 aromatic heterocycles. The molecule has 7 aromatic carbocycles.